The lowest BCUT2D eigenvalue weighted by Gasteiger charge is -2.28. The standard InChI is InChI=1S/C21H27N3O3S.C5H7NO2.2C2H6/c1-14(2)13-21(4,5)22-20(25)16-8-11-19(18(12-16)24(26)27)28-23-17-9-6-15(3)7-10-17;1-6-5(8)3-2-4-7;2*1-2/h6-12,14,23H,13H2,1-5H3,(H,22,25);2-4H,1H3,(H,6,8);2*1-2H3/b;3-2-;;. The number of aldehydes is 1. The maximum absolute atomic E-state index is 12.6. The van der Waals surface area contributed by atoms with Crippen molar-refractivity contribution < 1.29 is 19.3 Å². The maximum Gasteiger partial charge on any atom is 0.285 e. The normalized spacial score (nSPS) is 10.1. The van der Waals surface area contributed by atoms with Crippen molar-refractivity contribution in [3.05, 3.63) is 75.9 Å². The van der Waals surface area contributed by atoms with Crippen LogP contribution in [-0.2, 0) is 9.59 Å². The average Bonchev–Trinajstić information content (AvgIpc) is 2.92. The van der Waals surface area contributed by atoms with Crippen LogP contribution in [0.4, 0.5) is 11.4 Å². The first-order valence-corrected chi connectivity index (χ1v) is 14.1. The van der Waals surface area contributed by atoms with E-state index in [0.29, 0.717) is 17.1 Å². The number of hydrogen-bond donors (Lipinski definition) is 3. The number of carbonyl (C=O) groups is 3. The van der Waals surface area contributed by atoms with Crippen LogP contribution in [0, 0.1) is 23.0 Å². The van der Waals surface area contributed by atoms with E-state index in [2.05, 4.69) is 29.2 Å². The summed E-state index contributed by atoms with van der Waals surface area (Å²) in [6.45, 7) is 18.1. The first-order valence-electron chi connectivity index (χ1n) is 13.3. The number of nitrogens with one attached hydrogen (secondary N) is 3. The quantitative estimate of drug-likeness (QED) is 0.0905. The third-order valence-corrected chi connectivity index (χ3v) is 5.59. The number of nitro groups is 1. The molecule has 0 unspecified atom stereocenters. The molecule has 10 heteroatoms. The van der Waals surface area contributed by atoms with Gasteiger partial charge in [0.2, 0.25) is 5.91 Å². The van der Waals surface area contributed by atoms with Gasteiger partial charge in [-0.3, -0.25) is 24.5 Å². The minimum absolute atomic E-state index is 0.0982. The van der Waals surface area contributed by atoms with E-state index in [4.69, 9.17) is 0 Å². The first kappa shape index (κ1) is 38.5. The van der Waals surface area contributed by atoms with E-state index in [1.165, 1.54) is 13.1 Å². The highest BCUT2D eigenvalue weighted by molar-refractivity contribution is 8.00. The number of hydrogen-bond acceptors (Lipinski definition) is 7. The van der Waals surface area contributed by atoms with Crippen LogP contribution < -0.4 is 15.4 Å². The van der Waals surface area contributed by atoms with Crippen LogP contribution in [0.5, 0.6) is 0 Å². The number of anilines is 1. The fourth-order valence-electron chi connectivity index (χ4n) is 3.28. The second-order valence-corrected chi connectivity index (χ2v) is 9.90. The molecule has 0 aliphatic heterocycles. The minimum atomic E-state index is -0.463. The molecule has 9 nitrogen and oxygen atoms in total. The van der Waals surface area contributed by atoms with Crippen molar-refractivity contribution in [2.24, 2.45) is 5.92 Å². The number of nitrogens with zero attached hydrogens (tertiary/aromatic N) is 1. The Morgan fingerprint density at radius 1 is 1.05 bits per heavy atom. The van der Waals surface area contributed by atoms with Gasteiger partial charge in [0.1, 0.15) is 11.2 Å². The molecule has 0 spiro atoms. The second-order valence-electron chi connectivity index (χ2n) is 9.06. The molecule has 2 aromatic rings. The molecule has 0 saturated carbocycles. The van der Waals surface area contributed by atoms with Gasteiger partial charge in [-0.2, -0.15) is 0 Å². The van der Waals surface area contributed by atoms with Gasteiger partial charge in [-0.15, -0.1) is 0 Å². The molecule has 2 rings (SSSR count). The van der Waals surface area contributed by atoms with Crippen molar-refractivity contribution in [2.45, 2.75) is 79.2 Å². The van der Waals surface area contributed by atoms with E-state index in [0.717, 1.165) is 41.8 Å². The number of benzene rings is 2. The van der Waals surface area contributed by atoms with Gasteiger partial charge in [0, 0.05) is 36.0 Å². The molecule has 0 fully saturated rings. The second kappa shape index (κ2) is 21.2. The third-order valence-electron chi connectivity index (χ3n) is 4.69. The average molecular weight is 575 g/mol. The van der Waals surface area contributed by atoms with Crippen molar-refractivity contribution >= 4 is 41.4 Å². The zero-order valence-corrected chi connectivity index (χ0v) is 26.3. The fourth-order valence-corrected chi connectivity index (χ4v) is 4.02. The molecule has 0 aromatic heterocycles. The lowest BCUT2D eigenvalue weighted by Crippen LogP contribution is -2.44. The molecular formula is C30H46N4O5S. The lowest BCUT2D eigenvalue weighted by atomic mass is 9.92. The number of allylic oxidation sites excluding steroid dienone is 1. The van der Waals surface area contributed by atoms with Crippen LogP contribution in [0.2, 0.25) is 0 Å². The Labute approximate surface area is 243 Å². The predicted octanol–water partition coefficient (Wildman–Crippen LogP) is 7.12. The number of aryl methyl sites for hydroxylation is 1. The van der Waals surface area contributed by atoms with E-state index >= 15 is 0 Å². The zero-order valence-electron chi connectivity index (χ0n) is 25.5. The van der Waals surface area contributed by atoms with Gasteiger partial charge in [0.15, 0.2) is 0 Å². The molecule has 0 radical (unpaired) electrons. The molecule has 2 aromatic carbocycles. The summed E-state index contributed by atoms with van der Waals surface area (Å²) in [5.74, 6) is -0.148. The molecule has 222 valence electrons. The number of likely N-dealkylation sites (N-methyl/N-ethyl adjacent to an activating group) is 1. The number of nitro benzene ring substituents is 1. The Kier molecular flexibility index (Phi) is 20.4. The van der Waals surface area contributed by atoms with Gasteiger partial charge in [-0.05, 0) is 75.4 Å². The highest BCUT2D eigenvalue weighted by Gasteiger charge is 2.24. The fraction of sp³-hybridized carbons (Fsp3) is 0.433. The molecule has 0 heterocycles. The summed E-state index contributed by atoms with van der Waals surface area (Å²) in [5.41, 5.74) is 1.78. The van der Waals surface area contributed by atoms with E-state index in [-0.39, 0.29) is 28.6 Å². The van der Waals surface area contributed by atoms with Gasteiger partial charge in [-0.1, -0.05) is 59.2 Å². The highest BCUT2D eigenvalue weighted by Crippen LogP contribution is 2.31. The van der Waals surface area contributed by atoms with E-state index < -0.39 is 4.92 Å². The van der Waals surface area contributed by atoms with Crippen molar-refractivity contribution in [2.75, 3.05) is 11.8 Å². The summed E-state index contributed by atoms with van der Waals surface area (Å²) in [4.78, 5) is 43.9. The third kappa shape index (κ3) is 16.3. The Hall–Kier alpha value is -3.66. The van der Waals surface area contributed by atoms with E-state index in [1.807, 2.05) is 72.7 Å². The van der Waals surface area contributed by atoms with Crippen LogP contribution in [0.25, 0.3) is 0 Å². The smallest absolute Gasteiger partial charge is 0.285 e. The topological polar surface area (TPSA) is 130 Å². The molecular weight excluding hydrogens is 528 g/mol. The molecule has 0 aliphatic rings. The Morgan fingerprint density at radius 3 is 2.10 bits per heavy atom. The van der Waals surface area contributed by atoms with Crippen LogP contribution in [0.15, 0.2) is 59.5 Å². The zero-order chi connectivity index (χ0) is 31.3. The van der Waals surface area contributed by atoms with Crippen LogP contribution >= 0.6 is 11.9 Å². The molecule has 0 bridgehead atoms. The minimum Gasteiger partial charge on any atom is -0.356 e. The van der Waals surface area contributed by atoms with Gasteiger partial charge < -0.3 is 15.4 Å². The van der Waals surface area contributed by atoms with Crippen molar-refractivity contribution in [1.82, 2.24) is 10.6 Å². The maximum atomic E-state index is 12.6. The van der Waals surface area contributed by atoms with E-state index in [1.54, 1.807) is 12.1 Å². The van der Waals surface area contributed by atoms with Gasteiger partial charge in [0.05, 0.1) is 4.92 Å². The molecule has 0 aliphatic carbocycles. The summed E-state index contributed by atoms with van der Waals surface area (Å²) in [6, 6.07) is 12.3. The van der Waals surface area contributed by atoms with Crippen LogP contribution in [-0.4, -0.2) is 35.6 Å². The monoisotopic (exact) mass is 574 g/mol. The first-order chi connectivity index (χ1) is 18.9. The Morgan fingerprint density at radius 2 is 1.62 bits per heavy atom. The lowest BCUT2D eigenvalue weighted by molar-refractivity contribution is -0.387. The molecule has 2 amide bonds. The SMILES string of the molecule is CC.CC.CNC(=O)/C=C\C=O.Cc1ccc(NSc2ccc(C(=O)NC(C)(C)CC(C)C)cc2[N+](=O)[O-])cc1. The Balaban J connectivity index is 0. The predicted molar refractivity (Wildman–Crippen MR) is 167 cm³/mol. The van der Waals surface area contributed by atoms with Gasteiger partial charge in [-0.25, -0.2) is 0 Å². The number of rotatable bonds is 10. The van der Waals surface area contributed by atoms with Crippen LogP contribution in [0.1, 0.15) is 77.7 Å². The summed E-state index contributed by atoms with van der Waals surface area (Å²) in [6.07, 6.45) is 3.66. The van der Waals surface area contributed by atoms with Gasteiger partial charge >= 0.3 is 0 Å². The highest BCUT2D eigenvalue weighted by atomic mass is 32.2. The number of carbonyl (C=O) groups excluding carboxylic acids is 3. The molecule has 0 saturated heterocycles. The molecule has 3 N–H and O–H groups in total. The molecule has 0 atom stereocenters. The summed E-state index contributed by atoms with van der Waals surface area (Å²) in [7, 11) is 1.50. The summed E-state index contributed by atoms with van der Waals surface area (Å²) >= 11 is 1.15. The number of amides is 2. The van der Waals surface area contributed by atoms with Crippen molar-refractivity contribution in [3.63, 3.8) is 0 Å². The summed E-state index contributed by atoms with van der Waals surface area (Å²) in [5, 5.41) is 16.8. The van der Waals surface area contributed by atoms with Crippen molar-refractivity contribution in [1.29, 1.82) is 0 Å². The largest absolute Gasteiger partial charge is 0.356 e. The summed E-state index contributed by atoms with van der Waals surface area (Å²) < 4.78 is 3.10. The van der Waals surface area contributed by atoms with Crippen molar-refractivity contribution in [3.8, 4) is 0 Å². The van der Waals surface area contributed by atoms with E-state index in [9.17, 15) is 24.5 Å². The Bertz CT molecular complexity index is 1080. The van der Waals surface area contributed by atoms with Crippen LogP contribution in [0.3, 0.4) is 0 Å². The van der Waals surface area contributed by atoms with Gasteiger partial charge in [0.25, 0.3) is 11.6 Å². The molecule has 40 heavy (non-hydrogen) atoms.